The lowest BCUT2D eigenvalue weighted by molar-refractivity contribution is 0.422. The van der Waals surface area contributed by atoms with Gasteiger partial charge in [0.25, 0.3) is 5.89 Å². The minimum atomic E-state index is 0.160. The number of hydrogen-bond donors (Lipinski definition) is 1. The normalized spacial score (nSPS) is 12.0. The molecular formula is C20H21N7O. The monoisotopic (exact) mass is 375 g/mol. The molecule has 8 heteroatoms. The number of hydrogen-bond acceptors (Lipinski definition) is 7. The Morgan fingerprint density at radius 1 is 1.11 bits per heavy atom. The van der Waals surface area contributed by atoms with Crippen molar-refractivity contribution in [2.45, 2.75) is 32.4 Å². The maximum Gasteiger partial charge on any atom is 0.259 e. The Bertz CT molecular complexity index is 981. The van der Waals surface area contributed by atoms with Gasteiger partial charge in [-0.1, -0.05) is 35.5 Å². The van der Waals surface area contributed by atoms with Crippen molar-refractivity contribution >= 4 is 5.82 Å². The lowest BCUT2D eigenvalue weighted by Crippen LogP contribution is -2.22. The highest BCUT2D eigenvalue weighted by molar-refractivity contribution is 5.54. The smallest absolute Gasteiger partial charge is 0.259 e. The molecule has 1 N–H and O–H groups in total. The molecule has 0 aliphatic rings. The van der Waals surface area contributed by atoms with E-state index in [1.54, 1.807) is 17.2 Å². The first kappa shape index (κ1) is 17.8. The summed E-state index contributed by atoms with van der Waals surface area (Å²) in [6, 6.07) is 14.3. The van der Waals surface area contributed by atoms with Crippen molar-refractivity contribution in [2.24, 2.45) is 0 Å². The summed E-state index contributed by atoms with van der Waals surface area (Å²) in [5, 5.41) is 11.5. The van der Waals surface area contributed by atoms with Crippen molar-refractivity contribution in [3.8, 4) is 11.5 Å². The number of nitrogens with one attached hydrogen (secondary N) is 1. The predicted molar refractivity (Wildman–Crippen MR) is 104 cm³/mol. The Kier molecular flexibility index (Phi) is 5.37. The highest BCUT2D eigenvalue weighted by atomic mass is 16.5. The molecule has 8 nitrogen and oxygen atoms in total. The Hall–Kier alpha value is -3.55. The van der Waals surface area contributed by atoms with E-state index in [-0.39, 0.29) is 6.04 Å². The summed E-state index contributed by atoms with van der Waals surface area (Å²) in [4.78, 5) is 12.9. The fraction of sp³-hybridized carbons (Fsp3) is 0.250. The molecule has 0 fully saturated rings. The molecule has 0 unspecified atom stereocenters. The molecule has 4 aromatic rings. The summed E-state index contributed by atoms with van der Waals surface area (Å²) in [7, 11) is 0. The molecule has 142 valence electrons. The number of aromatic nitrogens is 6. The highest BCUT2D eigenvalue weighted by Gasteiger charge is 2.10. The van der Waals surface area contributed by atoms with Gasteiger partial charge in [0.2, 0.25) is 0 Å². The van der Waals surface area contributed by atoms with Gasteiger partial charge in [-0.3, -0.25) is 4.68 Å². The van der Waals surface area contributed by atoms with E-state index in [2.05, 4.69) is 49.6 Å². The SMILES string of the molecule is C[C@@H](Cn1cncn1)Nc1ccc(-c2nc(CCc3ccccc3)no2)cn1. The third kappa shape index (κ3) is 4.59. The van der Waals surface area contributed by atoms with E-state index in [1.165, 1.54) is 11.9 Å². The van der Waals surface area contributed by atoms with Gasteiger partial charge in [0.05, 0.1) is 12.1 Å². The van der Waals surface area contributed by atoms with E-state index in [0.717, 1.165) is 24.2 Å². The standard InChI is InChI=1S/C20H21N7O/c1-15(12-27-14-21-13-23-27)24-18-10-8-17(11-22-18)20-25-19(26-28-20)9-7-16-5-3-2-4-6-16/h2-6,8,10-11,13-15H,7,9,12H2,1H3,(H,22,24)/t15-/m0/s1. The van der Waals surface area contributed by atoms with Crippen LogP contribution in [0.5, 0.6) is 0 Å². The van der Waals surface area contributed by atoms with Gasteiger partial charge in [0.1, 0.15) is 18.5 Å². The van der Waals surface area contributed by atoms with E-state index in [9.17, 15) is 0 Å². The molecule has 0 amide bonds. The molecule has 0 saturated heterocycles. The molecule has 0 bridgehead atoms. The topological polar surface area (TPSA) is 94.6 Å². The Labute approximate surface area is 162 Å². The number of nitrogens with zero attached hydrogens (tertiary/aromatic N) is 6. The van der Waals surface area contributed by atoms with Crippen molar-refractivity contribution in [3.63, 3.8) is 0 Å². The minimum absolute atomic E-state index is 0.160. The molecule has 0 aliphatic heterocycles. The first-order valence-corrected chi connectivity index (χ1v) is 9.18. The van der Waals surface area contributed by atoms with Crippen molar-refractivity contribution in [1.82, 2.24) is 29.9 Å². The first-order chi connectivity index (χ1) is 13.8. The molecule has 4 rings (SSSR count). The first-order valence-electron chi connectivity index (χ1n) is 9.18. The van der Waals surface area contributed by atoms with E-state index in [4.69, 9.17) is 4.52 Å². The van der Waals surface area contributed by atoms with Crippen LogP contribution in [0, 0.1) is 0 Å². The van der Waals surface area contributed by atoms with Gasteiger partial charge >= 0.3 is 0 Å². The van der Waals surface area contributed by atoms with Crippen LogP contribution in [0.2, 0.25) is 0 Å². The maximum absolute atomic E-state index is 5.39. The molecule has 3 aromatic heterocycles. The molecule has 0 aliphatic carbocycles. The van der Waals surface area contributed by atoms with Gasteiger partial charge in [0.15, 0.2) is 5.82 Å². The number of pyridine rings is 1. The molecule has 0 spiro atoms. The van der Waals surface area contributed by atoms with Crippen LogP contribution in [0.1, 0.15) is 18.3 Å². The van der Waals surface area contributed by atoms with Crippen LogP contribution in [-0.4, -0.2) is 35.9 Å². The van der Waals surface area contributed by atoms with Gasteiger partial charge in [-0.05, 0) is 31.0 Å². The summed E-state index contributed by atoms with van der Waals surface area (Å²) in [5.41, 5.74) is 2.05. The van der Waals surface area contributed by atoms with E-state index in [1.807, 2.05) is 30.3 Å². The average molecular weight is 375 g/mol. The second kappa shape index (κ2) is 8.43. The van der Waals surface area contributed by atoms with Crippen molar-refractivity contribution in [1.29, 1.82) is 0 Å². The molecule has 0 saturated carbocycles. The Balaban J connectivity index is 1.34. The van der Waals surface area contributed by atoms with E-state index in [0.29, 0.717) is 18.3 Å². The van der Waals surface area contributed by atoms with Crippen LogP contribution in [-0.2, 0) is 19.4 Å². The Morgan fingerprint density at radius 2 is 2.00 bits per heavy atom. The lowest BCUT2D eigenvalue weighted by Gasteiger charge is -2.14. The highest BCUT2D eigenvalue weighted by Crippen LogP contribution is 2.18. The number of aryl methyl sites for hydroxylation is 2. The van der Waals surface area contributed by atoms with Crippen molar-refractivity contribution in [3.05, 3.63) is 72.7 Å². The van der Waals surface area contributed by atoms with Crippen molar-refractivity contribution in [2.75, 3.05) is 5.32 Å². The van der Waals surface area contributed by atoms with Gasteiger partial charge in [-0.2, -0.15) is 10.1 Å². The molecule has 3 heterocycles. The van der Waals surface area contributed by atoms with Crippen LogP contribution >= 0.6 is 0 Å². The quantitative estimate of drug-likeness (QED) is 0.506. The zero-order chi connectivity index (χ0) is 19.2. The summed E-state index contributed by atoms with van der Waals surface area (Å²) >= 11 is 0. The van der Waals surface area contributed by atoms with Crippen LogP contribution in [0.25, 0.3) is 11.5 Å². The average Bonchev–Trinajstić information content (AvgIpc) is 3.40. The van der Waals surface area contributed by atoms with Crippen LogP contribution in [0.15, 0.2) is 65.8 Å². The fourth-order valence-electron chi connectivity index (χ4n) is 2.89. The zero-order valence-corrected chi connectivity index (χ0v) is 15.6. The van der Waals surface area contributed by atoms with Crippen LogP contribution in [0.3, 0.4) is 0 Å². The lowest BCUT2D eigenvalue weighted by atomic mass is 10.1. The number of benzene rings is 1. The summed E-state index contributed by atoms with van der Waals surface area (Å²) in [6.07, 6.45) is 6.57. The van der Waals surface area contributed by atoms with Crippen molar-refractivity contribution < 1.29 is 4.52 Å². The molecule has 0 radical (unpaired) electrons. The third-order valence-electron chi connectivity index (χ3n) is 4.28. The fourth-order valence-corrected chi connectivity index (χ4v) is 2.89. The zero-order valence-electron chi connectivity index (χ0n) is 15.6. The molecule has 1 atom stereocenters. The van der Waals surface area contributed by atoms with E-state index >= 15 is 0 Å². The van der Waals surface area contributed by atoms with Crippen LogP contribution < -0.4 is 5.32 Å². The summed E-state index contributed by atoms with van der Waals surface area (Å²) in [6.45, 7) is 2.77. The summed E-state index contributed by atoms with van der Waals surface area (Å²) < 4.78 is 7.17. The van der Waals surface area contributed by atoms with Gasteiger partial charge < -0.3 is 9.84 Å². The van der Waals surface area contributed by atoms with E-state index < -0.39 is 0 Å². The Morgan fingerprint density at radius 3 is 2.75 bits per heavy atom. The van der Waals surface area contributed by atoms with Gasteiger partial charge in [-0.15, -0.1) is 0 Å². The second-order valence-corrected chi connectivity index (χ2v) is 6.60. The summed E-state index contributed by atoms with van der Waals surface area (Å²) in [5.74, 6) is 1.96. The maximum atomic E-state index is 5.39. The molecule has 1 aromatic carbocycles. The van der Waals surface area contributed by atoms with Gasteiger partial charge in [0, 0.05) is 18.7 Å². The second-order valence-electron chi connectivity index (χ2n) is 6.60. The minimum Gasteiger partial charge on any atom is -0.366 e. The predicted octanol–water partition coefficient (Wildman–Crippen LogP) is 3.01. The number of anilines is 1. The van der Waals surface area contributed by atoms with Gasteiger partial charge in [-0.25, -0.2) is 9.97 Å². The molecular weight excluding hydrogens is 354 g/mol. The largest absolute Gasteiger partial charge is 0.366 e. The third-order valence-corrected chi connectivity index (χ3v) is 4.28. The van der Waals surface area contributed by atoms with Crippen LogP contribution in [0.4, 0.5) is 5.82 Å². The number of rotatable bonds is 8. The molecule has 28 heavy (non-hydrogen) atoms.